The number of nitrogens with zero attached hydrogens (tertiary/aromatic N) is 3. The summed E-state index contributed by atoms with van der Waals surface area (Å²) in [5.74, 6) is 0.673. The molecule has 0 saturated carbocycles. The maximum absolute atomic E-state index is 11.6. The number of hydrogen-bond donors (Lipinski definition) is 2. The molecule has 1 fully saturated rings. The fourth-order valence-corrected chi connectivity index (χ4v) is 3.80. The molecule has 2 aromatic heterocycles. The van der Waals surface area contributed by atoms with Gasteiger partial charge in [-0.05, 0) is 36.5 Å². The summed E-state index contributed by atoms with van der Waals surface area (Å²) in [6, 6.07) is 3.69. The molecule has 3 heterocycles. The molecule has 0 aliphatic carbocycles. The fraction of sp³-hybridized carbons (Fsp3) is 0.429. The van der Waals surface area contributed by atoms with E-state index < -0.39 is 10.0 Å². The van der Waals surface area contributed by atoms with Gasteiger partial charge in [0.2, 0.25) is 10.0 Å². The first kappa shape index (κ1) is 15.0. The van der Waals surface area contributed by atoms with Crippen molar-refractivity contribution in [3.05, 3.63) is 23.9 Å². The first-order valence-electron chi connectivity index (χ1n) is 7.11. The smallest absolute Gasteiger partial charge is 0.211 e. The van der Waals surface area contributed by atoms with Gasteiger partial charge in [0.15, 0.2) is 0 Å². The molecule has 1 aliphatic heterocycles. The number of fused-ring (bicyclic) bond motifs is 1. The van der Waals surface area contributed by atoms with Crippen molar-refractivity contribution in [3.63, 3.8) is 0 Å². The van der Waals surface area contributed by atoms with Gasteiger partial charge in [-0.2, -0.15) is 0 Å². The van der Waals surface area contributed by atoms with Crippen molar-refractivity contribution in [1.82, 2.24) is 14.3 Å². The van der Waals surface area contributed by atoms with Crippen LogP contribution in [0.1, 0.15) is 24.3 Å². The summed E-state index contributed by atoms with van der Waals surface area (Å²) in [4.78, 5) is 8.67. The third kappa shape index (κ3) is 2.84. The topological polar surface area (TPSA) is 115 Å². The molecule has 0 atom stereocenters. The first-order valence-corrected chi connectivity index (χ1v) is 8.96. The van der Waals surface area contributed by atoms with Crippen LogP contribution in [0.5, 0.6) is 0 Å². The van der Waals surface area contributed by atoms with Gasteiger partial charge in [-0.3, -0.25) is 4.98 Å². The van der Waals surface area contributed by atoms with Gasteiger partial charge in [0.1, 0.15) is 5.82 Å². The molecule has 22 heavy (non-hydrogen) atoms. The predicted octanol–water partition coefficient (Wildman–Crippen LogP) is 0.933. The SMILES string of the molecule is CS(=O)(=O)N1CCC(c2cc3ncc(N)cc3nc2N)CC1. The summed E-state index contributed by atoms with van der Waals surface area (Å²) in [6.45, 7) is 1.02. The second kappa shape index (κ2) is 5.36. The van der Waals surface area contributed by atoms with Gasteiger partial charge in [0.25, 0.3) is 0 Å². The zero-order valence-corrected chi connectivity index (χ0v) is 13.2. The largest absolute Gasteiger partial charge is 0.397 e. The standard InChI is InChI=1S/C14H19N5O2S/c1-22(20,21)19-4-2-9(3-5-19)11-7-12-13(18-14(11)16)6-10(15)8-17-12/h6-9H,2-5,15H2,1H3,(H2,16,18). The fourth-order valence-electron chi connectivity index (χ4n) is 2.92. The Balaban J connectivity index is 1.88. The molecule has 1 aliphatic rings. The molecule has 0 unspecified atom stereocenters. The zero-order valence-electron chi connectivity index (χ0n) is 12.4. The number of hydrogen-bond acceptors (Lipinski definition) is 6. The second-order valence-electron chi connectivity index (χ2n) is 5.71. The van der Waals surface area contributed by atoms with Gasteiger partial charge in [-0.1, -0.05) is 0 Å². The van der Waals surface area contributed by atoms with Crippen LogP contribution in [-0.4, -0.2) is 42.0 Å². The molecule has 0 aromatic carbocycles. The highest BCUT2D eigenvalue weighted by molar-refractivity contribution is 7.88. The lowest BCUT2D eigenvalue weighted by Gasteiger charge is -2.30. The van der Waals surface area contributed by atoms with Crippen LogP contribution in [0.4, 0.5) is 11.5 Å². The lowest BCUT2D eigenvalue weighted by molar-refractivity contribution is 0.322. The highest BCUT2D eigenvalue weighted by Gasteiger charge is 2.27. The van der Waals surface area contributed by atoms with Crippen LogP contribution in [0.15, 0.2) is 18.3 Å². The number of pyridine rings is 2. The van der Waals surface area contributed by atoms with Crippen LogP contribution in [0.3, 0.4) is 0 Å². The molecular formula is C14H19N5O2S. The second-order valence-corrected chi connectivity index (χ2v) is 7.69. The van der Waals surface area contributed by atoms with Crippen LogP contribution in [0.2, 0.25) is 0 Å². The molecule has 118 valence electrons. The third-order valence-electron chi connectivity index (χ3n) is 4.11. The number of rotatable bonds is 2. The van der Waals surface area contributed by atoms with E-state index in [1.165, 1.54) is 10.6 Å². The number of aromatic nitrogens is 2. The van der Waals surface area contributed by atoms with Crippen LogP contribution in [-0.2, 0) is 10.0 Å². The van der Waals surface area contributed by atoms with Gasteiger partial charge in [0, 0.05) is 13.1 Å². The van der Waals surface area contributed by atoms with E-state index in [2.05, 4.69) is 9.97 Å². The molecule has 0 amide bonds. The van der Waals surface area contributed by atoms with E-state index in [1.54, 1.807) is 12.3 Å². The molecule has 0 spiro atoms. The Morgan fingerprint density at radius 3 is 2.50 bits per heavy atom. The van der Waals surface area contributed by atoms with Crippen molar-refractivity contribution in [1.29, 1.82) is 0 Å². The Labute approximate surface area is 129 Å². The average molecular weight is 321 g/mol. The van der Waals surface area contributed by atoms with E-state index in [1.807, 2.05) is 6.07 Å². The van der Waals surface area contributed by atoms with Crippen molar-refractivity contribution < 1.29 is 8.42 Å². The summed E-state index contributed by atoms with van der Waals surface area (Å²) in [5.41, 5.74) is 14.7. The summed E-state index contributed by atoms with van der Waals surface area (Å²) in [7, 11) is -3.12. The van der Waals surface area contributed by atoms with Crippen LogP contribution in [0.25, 0.3) is 11.0 Å². The Kier molecular flexibility index (Phi) is 3.65. The average Bonchev–Trinajstić information content (AvgIpc) is 2.45. The zero-order chi connectivity index (χ0) is 15.9. The number of nitrogens with two attached hydrogens (primary N) is 2. The quantitative estimate of drug-likeness (QED) is 0.850. The van der Waals surface area contributed by atoms with E-state index in [9.17, 15) is 8.42 Å². The third-order valence-corrected chi connectivity index (χ3v) is 5.41. The molecule has 0 bridgehead atoms. The minimum Gasteiger partial charge on any atom is -0.397 e. The Hall–Kier alpha value is -1.93. The predicted molar refractivity (Wildman–Crippen MR) is 86.8 cm³/mol. The van der Waals surface area contributed by atoms with E-state index in [0.29, 0.717) is 30.1 Å². The van der Waals surface area contributed by atoms with Crippen molar-refractivity contribution in [2.24, 2.45) is 0 Å². The maximum Gasteiger partial charge on any atom is 0.211 e. The maximum atomic E-state index is 11.6. The molecule has 2 aromatic rings. The normalized spacial score (nSPS) is 17.9. The van der Waals surface area contributed by atoms with Gasteiger partial charge in [-0.15, -0.1) is 0 Å². The monoisotopic (exact) mass is 321 g/mol. The Morgan fingerprint density at radius 2 is 1.86 bits per heavy atom. The minimum absolute atomic E-state index is 0.203. The van der Waals surface area contributed by atoms with Gasteiger partial charge in [0.05, 0.1) is 29.2 Å². The molecule has 8 heteroatoms. The van der Waals surface area contributed by atoms with E-state index in [4.69, 9.17) is 11.5 Å². The molecule has 0 radical (unpaired) electrons. The van der Waals surface area contributed by atoms with E-state index >= 15 is 0 Å². The summed E-state index contributed by atoms with van der Waals surface area (Å²) < 4.78 is 24.6. The van der Waals surface area contributed by atoms with Crippen LogP contribution in [0, 0.1) is 0 Å². The lowest BCUT2D eigenvalue weighted by Crippen LogP contribution is -2.37. The summed E-state index contributed by atoms with van der Waals surface area (Å²) in [6.07, 6.45) is 4.31. The molecule has 1 saturated heterocycles. The van der Waals surface area contributed by atoms with Crippen molar-refractivity contribution >= 4 is 32.6 Å². The highest BCUT2D eigenvalue weighted by atomic mass is 32.2. The lowest BCUT2D eigenvalue weighted by atomic mass is 9.90. The van der Waals surface area contributed by atoms with Gasteiger partial charge >= 0.3 is 0 Å². The van der Waals surface area contributed by atoms with E-state index in [-0.39, 0.29) is 5.92 Å². The number of anilines is 2. The summed E-state index contributed by atoms with van der Waals surface area (Å²) >= 11 is 0. The van der Waals surface area contributed by atoms with Crippen molar-refractivity contribution in [2.75, 3.05) is 30.8 Å². The van der Waals surface area contributed by atoms with Crippen LogP contribution >= 0.6 is 0 Å². The number of nitrogen functional groups attached to an aromatic ring is 2. The summed E-state index contributed by atoms with van der Waals surface area (Å²) in [5, 5.41) is 0. The van der Waals surface area contributed by atoms with Crippen LogP contribution < -0.4 is 11.5 Å². The number of sulfonamides is 1. The van der Waals surface area contributed by atoms with Gasteiger partial charge in [-0.25, -0.2) is 17.7 Å². The molecule has 7 nitrogen and oxygen atoms in total. The molecular weight excluding hydrogens is 302 g/mol. The van der Waals surface area contributed by atoms with Crippen molar-refractivity contribution in [3.8, 4) is 0 Å². The van der Waals surface area contributed by atoms with E-state index in [0.717, 1.165) is 23.9 Å². The van der Waals surface area contributed by atoms with Crippen molar-refractivity contribution in [2.45, 2.75) is 18.8 Å². The number of piperidine rings is 1. The molecule has 3 rings (SSSR count). The van der Waals surface area contributed by atoms with Gasteiger partial charge < -0.3 is 11.5 Å². The minimum atomic E-state index is -3.12. The highest BCUT2D eigenvalue weighted by Crippen LogP contribution is 2.33. The first-order chi connectivity index (χ1) is 10.3. The Morgan fingerprint density at radius 1 is 1.18 bits per heavy atom. The Bertz CT molecular complexity index is 813. The molecule has 4 N–H and O–H groups in total.